The Balaban J connectivity index is -0.000000416. The van der Waals surface area contributed by atoms with Crippen molar-refractivity contribution in [1.29, 1.82) is 0 Å². The zero-order valence-electron chi connectivity index (χ0n) is 19.8. The molecule has 31 heavy (non-hydrogen) atoms. The van der Waals surface area contributed by atoms with Gasteiger partial charge in [0.05, 0.1) is 67.6 Å². The third kappa shape index (κ3) is 33.1. The molecule has 0 aliphatic carbocycles. The number of ether oxygens (including phenoxy) is 2. The van der Waals surface area contributed by atoms with Gasteiger partial charge in [0.2, 0.25) is 0 Å². The molecule has 0 aromatic heterocycles. The van der Waals surface area contributed by atoms with Crippen molar-refractivity contribution in [2.24, 2.45) is 0 Å². The second kappa shape index (κ2) is 17.8. The van der Waals surface area contributed by atoms with Gasteiger partial charge in [-0.3, -0.25) is 8.42 Å². The third-order valence-electron chi connectivity index (χ3n) is 4.35. The van der Waals surface area contributed by atoms with E-state index in [0.717, 1.165) is 48.0 Å². The van der Waals surface area contributed by atoms with Crippen LogP contribution in [-0.4, -0.2) is 106 Å². The molecule has 0 fully saturated rings. The quantitative estimate of drug-likeness (QED) is 0.104. The van der Waals surface area contributed by atoms with Gasteiger partial charge < -0.3 is 27.5 Å². The third-order valence-corrected chi connectivity index (χ3v) is 4.35. The molecule has 10 nitrogen and oxygen atoms in total. The van der Waals surface area contributed by atoms with Crippen LogP contribution in [0.5, 0.6) is 0 Å². The molecule has 0 atom stereocenters. The van der Waals surface area contributed by atoms with E-state index < -0.39 is 10.4 Å². The highest BCUT2D eigenvalue weighted by Crippen LogP contribution is 1.99. The molecule has 11 heteroatoms. The van der Waals surface area contributed by atoms with Crippen molar-refractivity contribution >= 4 is 22.3 Å². The number of rotatable bonds is 12. The highest BCUT2D eigenvalue weighted by Gasteiger charge is 2.11. The second-order valence-electron chi connectivity index (χ2n) is 7.81. The zero-order chi connectivity index (χ0) is 25.1. The van der Waals surface area contributed by atoms with Gasteiger partial charge in [-0.2, -0.15) is 0 Å². The fraction of sp³-hybridized carbons (Fsp3) is 0.700. The van der Waals surface area contributed by atoms with E-state index in [4.69, 9.17) is 27.0 Å². The van der Waals surface area contributed by atoms with E-state index in [1.165, 1.54) is 12.2 Å². The molecule has 0 aliphatic heterocycles. The van der Waals surface area contributed by atoms with Gasteiger partial charge in [0.15, 0.2) is 0 Å². The van der Waals surface area contributed by atoms with Crippen molar-refractivity contribution in [1.82, 2.24) is 0 Å². The van der Waals surface area contributed by atoms with Gasteiger partial charge in [-0.05, 0) is 13.8 Å². The summed E-state index contributed by atoms with van der Waals surface area (Å²) >= 11 is 0. The van der Waals surface area contributed by atoms with Crippen LogP contribution < -0.4 is 0 Å². The Labute approximate surface area is 187 Å². The number of nitrogens with zero attached hydrogens (tertiary/aromatic N) is 2. The molecule has 0 N–H and O–H groups in total. The summed E-state index contributed by atoms with van der Waals surface area (Å²) in [6, 6.07) is 0. The van der Waals surface area contributed by atoms with Gasteiger partial charge >= 0.3 is 11.9 Å². The van der Waals surface area contributed by atoms with E-state index in [1.807, 2.05) is 0 Å². The van der Waals surface area contributed by atoms with Gasteiger partial charge in [0.1, 0.15) is 0 Å². The number of esters is 2. The van der Waals surface area contributed by atoms with Crippen LogP contribution in [0.25, 0.3) is 0 Å². The van der Waals surface area contributed by atoms with Crippen molar-refractivity contribution in [3.05, 3.63) is 25.3 Å². The summed E-state index contributed by atoms with van der Waals surface area (Å²) in [6.45, 7) is 16.2. The number of quaternary nitrogens is 2. The van der Waals surface area contributed by atoms with E-state index in [2.05, 4.69) is 55.2 Å². The van der Waals surface area contributed by atoms with E-state index in [1.54, 1.807) is 0 Å². The summed E-state index contributed by atoms with van der Waals surface area (Å²) in [5, 5.41) is 0. The number of carbonyl (C=O) groups excluding carboxylic acids is 2. The van der Waals surface area contributed by atoms with E-state index in [0.29, 0.717) is 13.2 Å². The molecule has 0 aromatic carbocycles. The Hall–Kier alpha value is -1.79. The van der Waals surface area contributed by atoms with Crippen LogP contribution in [-0.2, 0) is 29.5 Å². The summed E-state index contributed by atoms with van der Waals surface area (Å²) in [5.74, 6) is -0.663. The van der Waals surface area contributed by atoms with Crippen molar-refractivity contribution in [2.75, 3.05) is 67.6 Å². The standard InChI is InChI=1S/2C10H20NO2.H2O4S/c2*1-5-10(12)13-9-7-8-11(3,4)6-2;1-5(2,3)4/h2*5H,1,6-9H2,2-4H3;(H2,1,2,3,4)/q2*+1;/p-2. The maximum absolute atomic E-state index is 10.7. The first kappa shape index (κ1) is 33.8. The molecule has 0 unspecified atom stereocenters. The topological polar surface area (TPSA) is 133 Å². The van der Waals surface area contributed by atoms with Crippen molar-refractivity contribution in [3.63, 3.8) is 0 Å². The monoisotopic (exact) mass is 468 g/mol. The second-order valence-corrected chi connectivity index (χ2v) is 8.63. The highest BCUT2D eigenvalue weighted by atomic mass is 32.3. The number of carbonyl (C=O) groups is 2. The average molecular weight is 469 g/mol. The summed E-state index contributed by atoms with van der Waals surface area (Å²) in [6.07, 6.45) is 4.19. The van der Waals surface area contributed by atoms with Gasteiger partial charge in [0, 0.05) is 35.4 Å². The van der Waals surface area contributed by atoms with Gasteiger partial charge in [0.25, 0.3) is 0 Å². The van der Waals surface area contributed by atoms with Crippen LogP contribution in [0.4, 0.5) is 0 Å². The van der Waals surface area contributed by atoms with Crippen LogP contribution in [0.2, 0.25) is 0 Å². The SMILES string of the molecule is C=CC(=O)OCCC[N+](C)(C)CC.C=CC(=O)OCCC[N+](C)(C)CC.O=S(=O)([O-])[O-]. The molecule has 0 saturated carbocycles. The molecule has 0 aromatic rings. The predicted molar refractivity (Wildman–Crippen MR) is 117 cm³/mol. The predicted octanol–water partition coefficient (Wildman–Crippen LogP) is 1.07. The van der Waals surface area contributed by atoms with Crippen LogP contribution >= 0.6 is 0 Å². The van der Waals surface area contributed by atoms with E-state index in [-0.39, 0.29) is 11.9 Å². The number of hydrogen-bond acceptors (Lipinski definition) is 8. The molecular weight excluding hydrogens is 428 g/mol. The largest absolute Gasteiger partial charge is 0.759 e. The summed E-state index contributed by atoms with van der Waals surface area (Å²) < 4.78 is 45.7. The van der Waals surface area contributed by atoms with Crippen LogP contribution in [0.1, 0.15) is 26.7 Å². The lowest BCUT2D eigenvalue weighted by molar-refractivity contribution is -0.888. The lowest BCUT2D eigenvalue weighted by atomic mass is 10.3. The molecule has 0 aliphatic rings. The zero-order valence-corrected chi connectivity index (χ0v) is 20.6. The molecule has 0 radical (unpaired) electrons. The molecule has 0 spiro atoms. The van der Waals surface area contributed by atoms with Crippen molar-refractivity contribution in [3.8, 4) is 0 Å². The maximum Gasteiger partial charge on any atom is 0.330 e. The minimum absolute atomic E-state index is 0.332. The molecule has 0 saturated heterocycles. The number of hydrogen-bond donors (Lipinski definition) is 0. The lowest BCUT2D eigenvalue weighted by Gasteiger charge is -2.27. The fourth-order valence-corrected chi connectivity index (χ4v) is 1.76. The average Bonchev–Trinajstić information content (AvgIpc) is 2.67. The van der Waals surface area contributed by atoms with Gasteiger partial charge in [-0.15, -0.1) is 0 Å². The first-order valence-corrected chi connectivity index (χ1v) is 11.3. The Kier molecular flexibility index (Phi) is 19.5. The normalized spacial score (nSPS) is 11.1. The highest BCUT2D eigenvalue weighted by molar-refractivity contribution is 7.79. The summed E-state index contributed by atoms with van der Waals surface area (Å²) in [5.41, 5.74) is 0. The minimum Gasteiger partial charge on any atom is -0.759 e. The molecule has 184 valence electrons. The Morgan fingerprint density at radius 1 is 0.806 bits per heavy atom. The van der Waals surface area contributed by atoms with Gasteiger partial charge in [-0.1, -0.05) is 13.2 Å². The molecule has 0 amide bonds. The first-order chi connectivity index (χ1) is 14.0. The fourth-order valence-electron chi connectivity index (χ4n) is 1.76. The molecule has 0 heterocycles. The Morgan fingerprint density at radius 2 is 1.06 bits per heavy atom. The summed E-state index contributed by atoms with van der Waals surface area (Å²) in [7, 11) is 3.48. The molecule has 0 bridgehead atoms. The minimum atomic E-state index is -5.17. The van der Waals surface area contributed by atoms with Crippen molar-refractivity contribution < 1.29 is 45.6 Å². The summed E-state index contributed by atoms with van der Waals surface area (Å²) in [4.78, 5) is 21.3. The van der Waals surface area contributed by atoms with Crippen LogP contribution in [0.3, 0.4) is 0 Å². The lowest BCUT2D eigenvalue weighted by Crippen LogP contribution is -2.40. The molecular formula is C20H40N2O8S. The smallest absolute Gasteiger partial charge is 0.330 e. The Morgan fingerprint density at radius 3 is 1.26 bits per heavy atom. The van der Waals surface area contributed by atoms with Crippen LogP contribution in [0, 0.1) is 0 Å². The maximum atomic E-state index is 10.7. The van der Waals surface area contributed by atoms with Gasteiger partial charge in [-0.25, -0.2) is 9.59 Å². The first-order valence-electron chi connectivity index (χ1n) is 9.92. The Bertz CT molecular complexity index is 583. The van der Waals surface area contributed by atoms with Crippen molar-refractivity contribution in [2.45, 2.75) is 26.7 Å². The van der Waals surface area contributed by atoms with E-state index in [9.17, 15) is 9.59 Å². The molecule has 0 rings (SSSR count). The van der Waals surface area contributed by atoms with Crippen LogP contribution in [0.15, 0.2) is 25.3 Å². The van der Waals surface area contributed by atoms with E-state index >= 15 is 0 Å².